The predicted octanol–water partition coefficient (Wildman–Crippen LogP) is 4.95. The first-order valence-electron chi connectivity index (χ1n) is 5.98. The summed E-state index contributed by atoms with van der Waals surface area (Å²) >= 11 is 0. The molecule has 0 N–H and O–H groups in total. The lowest BCUT2D eigenvalue weighted by Crippen LogP contribution is -2.01. The van der Waals surface area contributed by atoms with Crippen molar-refractivity contribution in [3.05, 3.63) is 11.6 Å². The smallest absolute Gasteiger partial charge is 0.0208 e. The quantitative estimate of drug-likeness (QED) is 0.489. The summed E-state index contributed by atoms with van der Waals surface area (Å²) in [6, 6.07) is 0. The van der Waals surface area contributed by atoms with Gasteiger partial charge in [-0.3, -0.25) is 0 Å². The molecule has 0 spiro atoms. The van der Waals surface area contributed by atoms with Crippen LogP contribution in [0, 0.1) is 5.92 Å². The van der Waals surface area contributed by atoms with Gasteiger partial charge >= 0.3 is 0 Å². The molecule has 0 bridgehead atoms. The summed E-state index contributed by atoms with van der Waals surface area (Å²) in [6.45, 7) is 9.16. The van der Waals surface area contributed by atoms with Crippen LogP contribution in [0.4, 0.5) is 0 Å². The Bertz CT molecular complexity index is 129. The molecule has 0 saturated heterocycles. The van der Waals surface area contributed by atoms with Crippen LogP contribution >= 0.6 is 0 Å². The molecule has 0 atom stereocenters. The van der Waals surface area contributed by atoms with Crippen LogP contribution in [0.25, 0.3) is 0 Å². The molecule has 0 saturated carbocycles. The Morgan fingerprint density at radius 1 is 1.00 bits per heavy atom. The summed E-state index contributed by atoms with van der Waals surface area (Å²) in [7, 11) is 0. The average Bonchev–Trinajstić information content (AvgIpc) is 2.16. The maximum absolute atomic E-state index is 2.49. The summed E-state index contributed by atoms with van der Waals surface area (Å²) < 4.78 is 0. The van der Waals surface area contributed by atoms with Gasteiger partial charge in [-0.05, 0) is 31.6 Å². The lowest BCUT2D eigenvalue weighted by Gasteiger charge is -2.16. The first kappa shape index (κ1) is 12.7. The second-order valence-corrected chi connectivity index (χ2v) is 3.83. The molecule has 0 aromatic rings. The molecule has 0 aromatic carbocycles. The Kier molecular flexibility index (Phi) is 8.18. The van der Waals surface area contributed by atoms with Crippen LogP contribution in [0.1, 0.15) is 66.2 Å². The SMILES string of the molecule is CCCC=C(CCC)C(CC)CC. The van der Waals surface area contributed by atoms with E-state index in [0.29, 0.717) is 0 Å². The maximum Gasteiger partial charge on any atom is -0.0208 e. The summed E-state index contributed by atoms with van der Waals surface area (Å²) in [6.07, 6.45) is 10.3. The molecule has 0 aliphatic rings. The number of unbranched alkanes of at least 4 members (excludes halogenated alkanes) is 1. The monoisotopic (exact) mass is 182 g/mol. The third-order valence-corrected chi connectivity index (χ3v) is 2.74. The number of allylic oxidation sites excluding steroid dienone is 2. The molecule has 0 heterocycles. The van der Waals surface area contributed by atoms with Crippen molar-refractivity contribution in [1.29, 1.82) is 0 Å². The van der Waals surface area contributed by atoms with Crippen LogP contribution in [0.3, 0.4) is 0 Å². The Labute approximate surface area is 84.4 Å². The van der Waals surface area contributed by atoms with E-state index in [1.165, 1.54) is 38.5 Å². The zero-order chi connectivity index (χ0) is 10.1. The van der Waals surface area contributed by atoms with Gasteiger partial charge in [-0.15, -0.1) is 0 Å². The first-order chi connectivity index (χ1) is 6.29. The van der Waals surface area contributed by atoms with Crippen molar-refractivity contribution in [2.45, 2.75) is 66.2 Å². The highest BCUT2D eigenvalue weighted by Crippen LogP contribution is 2.23. The fourth-order valence-electron chi connectivity index (χ4n) is 1.90. The molecule has 0 aliphatic heterocycles. The minimum absolute atomic E-state index is 0.853. The van der Waals surface area contributed by atoms with Gasteiger partial charge in [-0.2, -0.15) is 0 Å². The van der Waals surface area contributed by atoms with E-state index in [-0.39, 0.29) is 0 Å². The lowest BCUT2D eigenvalue weighted by molar-refractivity contribution is 0.544. The zero-order valence-electron chi connectivity index (χ0n) is 9.90. The zero-order valence-corrected chi connectivity index (χ0v) is 9.90. The van der Waals surface area contributed by atoms with Gasteiger partial charge in [0.1, 0.15) is 0 Å². The Hall–Kier alpha value is -0.260. The van der Waals surface area contributed by atoms with E-state index in [1.807, 2.05) is 0 Å². The molecule has 0 heteroatoms. The average molecular weight is 182 g/mol. The molecule has 13 heavy (non-hydrogen) atoms. The van der Waals surface area contributed by atoms with E-state index in [2.05, 4.69) is 33.8 Å². The molecule has 0 amide bonds. The van der Waals surface area contributed by atoms with Crippen LogP contribution in [-0.4, -0.2) is 0 Å². The first-order valence-corrected chi connectivity index (χ1v) is 5.98. The number of hydrogen-bond donors (Lipinski definition) is 0. The highest BCUT2D eigenvalue weighted by Gasteiger charge is 2.08. The van der Waals surface area contributed by atoms with Gasteiger partial charge in [0, 0.05) is 0 Å². The number of hydrogen-bond acceptors (Lipinski definition) is 0. The van der Waals surface area contributed by atoms with Crippen molar-refractivity contribution in [2.24, 2.45) is 5.92 Å². The molecule has 0 unspecified atom stereocenters. The predicted molar refractivity (Wildman–Crippen MR) is 62.0 cm³/mol. The number of rotatable bonds is 7. The highest BCUT2D eigenvalue weighted by molar-refractivity contribution is 5.06. The van der Waals surface area contributed by atoms with Crippen molar-refractivity contribution < 1.29 is 0 Å². The van der Waals surface area contributed by atoms with Crippen LogP contribution in [0.5, 0.6) is 0 Å². The standard InChI is InChI=1S/C13H26/c1-5-9-11-13(10-6-2)12(7-3)8-4/h11-12H,5-10H2,1-4H3. The Morgan fingerprint density at radius 2 is 1.62 bits per heavy atom. The van der Waals surface area contributed by atoms with E-state index in [4.69, 9.17) is 0 Å². The molecule has 0 aromatic heterocycles. The van der Waals surface area contributed by atoms with Gasteiger partial charge in [-0.1, -0.05) is 52.2 Å². The van der Waals surface area contributed by atoms with Crippen LogP contribution in [0.15, 0.2) is 11.6 Å². The normalized spacial score (nSPS) is 12.5. The van der Waals surface area contributed by atoms with E-state index in [1.54, 1.807) is 5.57 Å². The third kappa shape index (κ3) is 5.13. The van der Waals surface area contributed by atoms with E-state index in [0.717, 1.165) is 5.92 Å². The van der Waals surface area contributed by atoms with Gasteiger partial charge in [0.25, 0.3) is 0 Å². The fraction of sp³-hybridized carbons (Fsp3) is 0.846. The topological polar surface area (TPSA) is 0 Å². The minimum atomic E-state index is 0.853. The van der Waals surface area contributed by atoms with E-state index >= 15 is 0 Å². The second-order valence-electron chi connectivity index (χ2n) is 3.83. The van der Waals surface area contributed by atoms with E-state index in [9.17, 15) is 0 Å². The van der Waals surface area contributed by atoms with Gasteiger partial charge < -0.3 is 0 Å². The summed E-state index contributed by atoms with van der Waals surface area (Å²) in [5, 5.41) is 0. The molecule has 0 radical (unpaired) electrons. The molecular weight excluding hydrogens is 156 g/mol. The molecule has 0 fully saturated rings. The highest BCUT2D eigenvalue weighted by atomic mass is 14.1. The van der Waals surface area contributed by atoms with E-state index < -0.39 is 0 Å². The third-order valence-electron chi connectivity index (χ3n) is 2.74. The second kappa shape index (κ2) is 8.34. The summed E-state index contributed by atoms with van der Waals surface area (Å²) in [5.41, 5.74) is 1.72. The van der Waals surface area contributed by atoms with Crippen molar-refractivity contribution in [3.8, 4) is 0 Å². The van der Waals surface area contributed by atoms with Gasteiger partial charge in [0.05, 0.1) is 0 Å². The van der Waals surface area contributed by atoms with Crippen molar-refractivity contribution in [2.75, 3.05) is 0 Å². The van der Waals surface area contributed by atoms with Crippen molar-refractivity contribution in [3.63, 3.8) is 0 Å². The summed E-state index contributed by atoms with van der Waals surface area (Å²) in [5.74, 6) is 0.853. The van der Waals surface area contributed by atoms with Crippen LogP contribution in [0.2, 0.25) is 0 Å². The molecule has 0 aliphatic carbocycles. The largest absolute Gasteiger partial charge is 0.0851 e. The van der Waals surface area contributed by atoms with Gasteiger partial charge in [-0.25, -0.2) is 0 Å². The van der Waals surface area contributed by atoms with Gasteiger partial charge in [0.2, 0.25) is 0 Å². The van der Waals surface area contributed by atoms with Crippen molar-refractivity contribution >= 4 is 0 Å². The Balaban J connectivity index is 4.19. The fourth-order valence-corrected chi connectivity index (χ4v) is 1.90. The lowest BCUT2D eigenvalue weighted by atomic mass is 9.90. The molecule has 78 valence electrons. The van der Waals surface area contributed by atoms with Crippen molar-refractivity contribution in [1.82, 2.24) is 0 Å². The molecule has 0 rings (SSSR count). The minimum Gasteiger partial charge on any atom is -0.0851 e. The Morgan fingerprint density at radius 3 is 2.00 bits per heavy atom. The maximum atomic E-state index is 2.49. The van der Waals surface area contributed by atoms with Crippen LogP contribution in [-0.2, 0) is 0 Å². The summed E-state index contributed by atoms with van der Waals surface area (Å²) in [4.78, 5) is 0. The molecule has 0 nitrogen and oxygen atoms in total. The van der Waals surface area contributed by atoms with Gasteiger partial charge in [0.15, 0.2) is 0 Å². The molecular formula is C13H26. The van der Waals surface area contributed by atoms with Crippen LogP contribution < -0.4 is 0 Å².